The number of hydrogen-bond acceptors (Lipinski definition) is 2. The van der Waals surface area contributed by atoms with Crippen molar-refractivity contribution in [3.8, 4) is 0 Å². The van der Waals surface area contributed by atoms with E-state index < -0.39 is 0 Å². The maximum absolute atomic E-state index is 12.9. The van der Waals surface area contributed by atoms with Crippen molar-refractivity contribution >= 4 is 5.91 Å². The molecule has 1 aromatic carbocycles. The van der Waals surface area contributed by atoms with Crippen LogP contribution in [0, 0.1) is 11.8 Å². The maximum Gasteiger partial charge on any atom is 0.225 e. The molecule has 2 fully saturated rings. The molecule has 2 unspecified atom stereocenters. The lowest BCUT2D eigenvalue weighted by molar-refractivity contribution is -0.140. The van der Waals surface area contributed by atoms with Gasteiger partial charge in [-0.1, -0.05) is 37.3 Å². The van der Waals surface area contributed by atoms with E-state index in [0.29, 0.717) is 24.3 Å². The summed E-state index contributed by atoms with van der Waals surface area (Å²) in [5.41, 5.74) is 7.36. The Balaban J connectivity index is 1.58. The molecule has 126 valence electrons. The van der Waals surface area contributed by atoms with Crippen molar-refractivity contribution in [3.63, 3.8) is 0 Å². The van der Waals surface area contributed by atoms with Crippen molar-refractivity contribution in [2.45, 2.75) is 57.4 Å². The summed E-state index contributed by atoms with van der Waals surface area (Å²) < 4.78 is 0. The normalized spacial score (nSPS) is 31.8. The largest absolute Gasteiger partial charge is 0.338 e. The number of nitrogens with two attached hydrogens (primary N) is 1. The van der Waals surface area contributed by atoms with E-state index in [1.54, 1.807) is 0 Å². The fourth-order valence-electron chi connectivity index (χ4n) is 4.40. The first-order chi connectivity index (χ1) is 11.2. The summed E-state index contributed by atoms with van der Waals surface area (Å²) in [4.78, 5) is 15.0. The van der Waals surface area contributed by atoms with Gasteiger partial charge in [-0.2, -0.15) is 0 Å². The van der Waals surface area contributed by atoms with E-state index in [9.17, 15) is 4.79 Å². The SMILES string of the molecule is CC1CCN(C(=O)C2CCC(c3ccccc3)CC2)C(CN)C1. The van der Waals surface area contributed by atoms with Crippen molar-refractivity contribution in [3.05, 3.63) is 35.9 Å². The molecule has 1 aliphatic heterocycles. The first kappa shape index (κ1) is 16.5. The number of likely N-dealkylation sites (tertiary alicyclic amines) is 1. The van der Waals surface area contributed by atoms with Crippen molar-refractivity contribution in [2.75, 3.05) is 13.1 Å². The van der Waals surface area contributed by atoms with Gasteiger partial charge in [-0.3, -0.25) is 4.79 Å². The molecule has 0 aromatic heterocycles. The van der Waals surface area contributed by atoms with Gasteiger partial charge in [0.05, 0.1) is 0 Å². The molecule has 1 saturated heterocycles. The molecular weight excluding hydrogens is 284 g/mol. The van der Waals surface area contributed by atoms with Crippen LogP contribution in [-0.2, 0) is 4.79 Å². The Morgan fingerprint density at radius 3 is 2.48 bits per heavy atom. The topological polar surface area (TPSA) is 46.3 Å². The summed E-state index contributed by atoms with van der Waals surface area (Å²) >= 11 is 0. The Morgan fingerprint density at radius 2 is 1.83 bits per heavy atom. The van der Waals surface area contributed by atoms with Crippen LogP contribution in [0.5, 0.6) is 0 Å². The van der Waals surface area contributed by atoms with Gasteiger partial charge in [0, 0.05) is 25.0 Å². The molecular formula is C20H30N2O. The van der Waals surface area contributed by atoms with Crippen LogP contribution < -0.4 is 5.73 Å². The highest BCUT2D eigenvalue weighted by Gasteiger charge is 2.35. The lowest BCUT2D eigenvalue weighted by Crippen LogP contribution is -2.51. The molecule has 1 amide bonds. The van der Waals surface area contributed by atoms with Crippen LogP contribution >= 0.6 is 0 Å². The van der Waals surface area contributed by atoms with E-state index in [-0.39, 0.29) is 12.0 Å². The molecule has 1 aliphatic carbocycles. The molecule has 1 saturated carbocycles. The summed E-state index contributed by atoms with van der Waals surface area (Å²) in [6, 6.07) is 11.0. The zero-order chi connectivity index (χ0) is 16.2. The molecule has 0 spiro atoms. The average Bonchev–Trinajstić information content (AvgIpc) is 2.62. The molecule has 3 nitrogen and oxygen atoms in total. The van der Waals surface area contributed by atoms with Crippen LogP contribution in [0.3, 0.4) is 0 Å². The minimum Gasteiger partial charge on any atom is -0.338 e. The number of piperidine rings is 1. The predicted octanol–water partition coefficient (Wildman–Crippen LogP) is 3.55. The molecule has 1 heterocycles. The standard InChI is InChI=1S/C20H30N2O/c1-15-11-12-22(19(13-15)14-21)20(23)18-9-7-17(8-10-18)16-5-3-2-4-6-16/h2-6,15,17-19H,7-14,21H2,1H3. The van der Waals surface area contributed by atoms with Crippen LogP contribution in [0.1, 0.15) is 56.9 Å². The fraction of sp³-hybridized carbons (Fsp3) is 0.650. The molecule has 23 heavy (non-hydrogen) atoms. The second-order valence-corrected chi connectivity index (χ2v) is 7.51. The number of carbonyl (C=O) groups excluding carboxylic acids is 1. The number of carbonyl (C=O) groups is 1. The first-order valence-electron chi connectivity index (χ1n) is 9.24. The van der Waals surface area contributed by atoms with E-state index in [1.165, 1.54) is 5.56 Å². The van der Waals surface area contributed by atoms with Gasteiger partial charge in [-0.15, -0.1) is 0 Å². The second-order valence-electron chi connectivity index (χ2n) is 7.51. The maximum atomic E-state index is 12.9. The zero-order valence-corrected chi connectivity index (χ0v) is 14.3. The Labute approximate surface area is 140 Å². The van der Waals surface area contributed by atoms with Gasteiger partial charge in [0.2, 0.25) is 5.91 Å². The Bertz CT molecular complexity index is 508. The smallest absolute Gasteiger partial charge is 0.225 e. The van der Waals surface area contributed by atoms with Gasteiger partial charge >= 0.3 is 0 Å². The van der Waals surface area contributed by atoms with Gasteiger partial charge in [-0.05, 0) is 55.9 Å². The van der Waals surface area contributed by atoms with Crippen LogP contribution in [0.4, 0.5) is 0 Å². The third kappa shape index (κ3) is 3.77. The molecule has 1 aromatic rings. The third-order valence-corrected chi connectivity index (χ3v) is 5.88. The first-order valence-corrected chi connectivity index (χ1v) is 9.24. The number of amides is 1. The van der Waals surface area contributed by atoms with E-state index >= 15 is 0 Å². The highest BCUT2D eigenvalue weighted by Crippen LogP contribution is 2.37. The molecule has 2 aliphatic rings. The van der Waals surface area contributed by atoms with Crippen LogP contribution in [-0.4, -0.2) is 29.9 Å². The molecule has 3 rings (SSSR count). The zero-order valence-electron chi connectivity index (χ0n) is 14.3. The molecule has 3 heteroatoms. The summed E-state index contributed by atoms with van der Waals surface area (Å²) in [5, 5.41) is 0. The number of nitrogens with zero attached hydrogens (tertiary/aromatic N) is 1. The van der Waals surface area contributed by atoms with Gasteiger partial charge in [-0.25, -0.2) is 0 Å². The second kappa shape index (κ2) is 7.48. The van der Waals surface area contributed by atoms with Crippen LogP contribution in [0.2, 0.25) is 0 Å². The summed E-state index contributed by atoms with van der Waals surface area (Å²) in [6.07, 6.45) is 6.53. The quantitative estimate of drug-likeness (QED) is 0.927. The highest BCUT2D eigenvalue weighted by molar-refractivity contribution is 5.79. The molecule has 2 N–H and O–H groups in total. The number of benzene rings is 1. The Morgan fingerprint density at radius 1 is 1.13 bits per heavy atom. The third-order valence-electron chi connectivity index (χ3n) is 5.88. The fourth-order valence-corrected chi connectivity index (χ4v) is 4.40. The van der Waals surface area contributed by atoms with Crippen molar-refractivity contribution in [1.82, 2.24) is 4.90 Å². The van der Waals surface area contributed by atoms with Crippen molar-refractivity contribution in [2.24, 2.45) is 17.6 Å². The number of hydrogen-bond donors (Lipinski definition) is 1. The van der Waals surface area contributed by atoms with E-state index in [2.05, 4.69) is 42.2 Å². The van der Waals surface area contributed by atoms with E-state index in [0.717, 1.165) is 45.1 Å². The minimum absolute atomic E-state index is 0.220. The lowest BCUT2D eigenvalue weighted by atomic mass is 9.77. The molecule has 2 atom stereocenters. The summed E-state index contributed by atoms with van der Waals surface area (Å²) in [6.45, 7) is 3.78. The van der Waals surface area contributed by atoms with Gasteiger partial charge in [0.25, 0.3) is 0 Å². The van der Waals surface area contributed by atoms with Gasteiger partial charge in [0.1, 0.15) is 0 Å². The monoisotopic (exact) mass is 314 g/mol. The summed E-state index contributed by atoms with van der Waals surface area (Å²) in [7, 11) is 0. The van der Waals surface area contributed by atoms with Crippen molar-refractivity contribution in [1.29, 1.82) is 0 Å². The lowest BCUT2D eigenvalue weighted by Gasteiger charge is -2.41. The molecule has 0 radical (unpaired) electrons. The van der Waals surface area contributed by atoms with Crippen LogP contribution in [0.25, 0.3) is 0 Å². The number of rotatable bonds is 3. The Hall–Kier alpha value is -1.35. The van der Waals surface area contributed by atoms with Crippen molar-refractivity contribution < 1.29 is 4.79 Å². The van der Waals surface area contributed by atoms with Gasteiger partial charge < -0.3 is 10.6 Å². The predicted molar refractivity (Wildman–Crippen MR) is 94.1 cm³/mol. The van der Waals surface area contributed by atoms with E-state index in [1.807, 2.05) is 0 Å². The van der Waals surface area contributed by atoms with Crippen LogP contribution in [0.15, 0.2) is 30.3 Å². The summed E-state index contributed by atoms with van der Waals surface area (Å²) in [5.74, 6) is 1.92. The Kier molecular flexibility index (Phi) is 5.37. The van der Waals surface area contributed by atoms with E-state index in [4.69, 9.17) is 5.73 Å². The minimum atomic E-state index is 0.220. The molecule has 0 bridgehead atoms. The van der Waals surface area contributed by atoms with Gasteiger partial charge in [0.15, 0.2) is 0 Å². The highest BCUT2D eigenvalue weighted by atomic mass is 16.2. The average molecular weight is 314 g/mol.